The number of nitrogens with two attached hydrogens (primary N) is 1. The number of nitrogen functional groups attached to an aromatic ring is 1. The van der Waals surface area contributed by atoms with Crippen molar-refractivity contribution in [3.05, 3.63) is 80.6 Å². The maximum absolute atomic E-state index is 15.0. The van der Waals surface area contributed by atoms with Crippen LogP contribution in [-0.2, 0) is 23.6 Å². The number of alkyl halides is 8. The van der Waals surface area contributed by atoms with Crippen LogP contribution in [0.4, 0.5) is 50.9 Å². The monoisotopic (exact) mass is 636 g/mol. The van der Waals surface area contributed by atoms with E-state index >= 15 is 4.39 Å². The molecule has 0 saturated carbocycles. The number of hydrogen-bond donors (Lipinski definition) is 3. The average molecular weight is 636 g/mol. The normalized spacial score (nSPS) is 13.0. The molecule has 0 radical (unpaired) electrons. The first-order valence-electron chi connectivity index (χ1n) is 12.5. The van der Waals surface area contributed by atoms with Crippen molar-refractivity contribution in [1.82, 2.24) is 19.7 Å². The lowest BCUT2D eigenvalue weighted by molar-refractivity contribution is -0.140. The Balaban J connectivity index is 1.54. The van der Waals surface area contributed by atoms with E-state index in [4.69, 9.17) is 5.73 Å². The molecule has 9 nitrogen and oxygen atoms in total. The van der Waals surface area contributed by atoms with E-state index in [1.807, 2.05) is 0 Å². The lowest BCUT2D eigenvalue weighted by Crippen LogP contribution is -2.32. The van der Waals surface area contributed by atoms with Crippen LogP contribution < -0.4 is 22.2 Å². The number of fused-ring (bicyclic) bond motifs is 1. The van der Waals surface area contributed by atoms with Gasteiger partial charge < -0.3 is 20.4 Å². The maximum Gasteiger partial charge on any atom is 0.435 e. The highest BCUT2D eigenvalue weighted by Crippen LogP contribution is 2.35. The molecular formula is C26H21F9N6O3. The average Bonchev–Trinajstić information content (AvgIpc) is 2.91. The number of aromatic nitrogens is 4. The fraction of sp³-hybridized carbons (Fsp3) is 0.308. The smallest absolute Gasteiger partial charge is 0.397 e. The van der Waals surface area contributed by atoms with Gasteiger partial charge in [0.2, 0.25) is 0 Å². The van der Waals surface area contributed by atoms with Gasteiger partial charge in [-0.05, 0) is 42.5 Å². The van der Waals surface area contributed by atoms with E-state index < -0.39 is 71.2 Å². The molecule has 4 N–H and O–H groups in total. The van der Waals surface area contributed by atoms with Crippen molar-refractivity contribution in [1.29, 1.82) is 0 Å². The molecule has 1 aromatic carbocycles. The van der Waals surface area contributed by atoms with E-state index in [2.05, 4.69) is 20.1 Å². The molecule has 44 heavy (non-hydrogen) atoms. The Bertz CT molecular complexity index is 1770. The fourth-order valence-corrected chi connectivity index (χ4v) is 4.47. The van der Waals surface area contributed by atoms with Gasteiger partial charge in [0, 0.05) is 36.1 Å². The Morgan fingerprint density at radius 3 is 2.41 bits per heavy atom. The van der Waals surface area contributed by atoms with Crippen molar-refractivity contribution in [2.75, 3.05) is 17.7 Å². The highest BCUT2D eigenvalue weighted by atomic mass is 19.4. The van der Waals surface area contributed by atoms with Crippen LogP contribution in [0.5, 0.6) is 0 Å². The van der Waals surface area contributed by atoms with Gasteiger partial charge in [0.15, 0.2) is 5.69 Å². The third-order valence-electron chi connectivity index (χ3n) is 6.44. The molecule has 0 spiro atoms. The molecule has 0 amide bonds. The van der Waals surface area contributed by atoms with E-state index in [9.17, 15) is 44.7 Å². The molecule has 0 aliphatic heterocycles. The third kappa shape index (κ3) is 7.29. The standard InChI is InChI=1S/C26H21F9N6O3/c27-17-8-16-12(6-15(17)13-7-18(36)21(37-9-13)26(33,34)35)3-5-41(23(16)43)4-1-2-14(11-44-24(28)29)39-19-10-38-40-22(42)20(19)25(30,31)32/h3,5-10,14,24H,1-2,4,11,36H2,(H2,39,40,42)/t14-/m1/s1. The first kappa shape index (κ1) is 32.3. The van der Waals surface area contributed by atoms with Gasteiger partial charge in [0.05, 0.1) is 29.6 Å². The van der Waals surface area contributed by atoms with E-state index in [1.165, 1.54) is 18.3 Å². The second-order valence-electron chi connectivity index (χ2n) is 9.46. The number of aromatic amines is 1. The molecule has 4 rings (SSSR count). The Hall–Kier alpha value is -4.61. The number of anilines is 2. The van der Waals surface area contributed by atoms with Crippen LogP contribution >= 0.6 is 0 Å². The number of ether oxygens (including phenoxy) is 1. The van der Waals surface area contributed by atoms with Crippen LogP contribution in [0.25, 0.3) is 21.9 Å². The van der Waals surface area contributed by atoms with Crippen molar-refractivity contribution in [3.63, 3.8) is 0 Å². The number of halogens is 9. The van der Waals surface area contributed by atoms with Gasteiger partial charge in [0.1, 0.15) is 11.4 Å². The summed E-state index contributed by atoms with van der Waals surface area (Å²) in [6.07, 6.45) is -7.19. The van der Waals surface area contributed by atoms with E-state index in [0.29, 0.717) is 6.20 Å². The number of pyridine rings is 2. The summed E-state index contributed by atoms with van der Waals surface area (Å²) in [5.74, 6) is -0.950. The molecule has 18 heteroatoms. The molecule has 0 fully saturated rings. The fourth-order valence-electron chi connectivity index (χ4n) is 4.47. The van der Waals surface area contributed by atoms with Crippen LogP contribution in [0.3, 0.4) is 0 Å². The minimum atomic E-state index is -5.09. The van der Waals surface area contributed by atoms with E-state index in [1.54, 1.807) is 5.10 Å². The number of hydrogen-bond acceptors (Lipinski definition) is 7. The number of benzene rings is 1. The molecule has 0 saturated heterocycles. The topological polar surface area (TPSA) is 128 Å². The largest absolute Gasteiger partial charge is 0.435 e. The van der Waals surface area contributed by atoms with Gasteiger partial charge >= 0.3 is 19.0 Å². The summed E-state index contributed by atoms with van der Waals surface area (Å²) in [5, 5.41) is 7.44. The number of nitrogens with one attached hydrogen (secondary N) is 2. The van der Waals surface area contributed by atoms with Crippen molar-refractivity contribution < 1.29 is 44.3 Å². The van der Waals surface area contributed by atoms with Crippen LogP contribution in [0, 0.1) is 5.82 Å². The van der Waals surface area contributed by atoms with E-state index in [0.717, 1.165) is 22.9 Å². The molecule has 0 aliphatic carbocycles. The summed E-state index contributed by atoms with van der Waals surface area (Å²) in [5.41, 5.74) is -1.43. The molecule has 3 heterocycles. The highest BCUT2D eigenvalue weighted by molar-refractivity contribution is 5.87. The summed E-state index contributed by atoms with van der Waals surface area (Å²) in [6, 6.07) is 3.28. The summed E-state index contributed by atoms with van der Waals surface area (Å²) in [6.45, 7) is -4.08. The van der Waals surface area contributed by atoms with Gasteiger partial charge in [-0.25, -0.2) is 14.5 Å². The zero-order valence-electron chi connectivity index (χ0n) is 22.1. The molecule has 236 valence electrons. The number of nitrogens with zero attached hydrogens (tertiary/aromatic N) is 3. The molecule has 0 bridgehead atoms. The predicted molar refractivity (Wildman–Crippen MR) is 139 cm³/mol. The molecule has 0 unspecified atom stereocenters. The first-order chi connectivity index (χ1) is 20.6. The van der Waals surface area contributed by atoms with Crippen LogP contribution in [-0.4, -0.2) is 39.0 Å². The van der Waals surface area contributed by atoms with Crippen molar-refractivity contribution in [2.45, 2.75) is 44.4 Å². The summed E-state index contributed by atoms with van der Waals surface area (Å²) >= 11 is 0. The molecule has 4 aromatic rings. The van der Waals surface area contributed by atoms with Crippen LogP contribution in [0.2, 0.25) is 0 Å². The SMILES string of the molecule is Nc1cc(-c2cc3ccn(CCC[C@H](COC(F)F)Nc4cn[nH]c(=O)c4C(F)(F)F)c(=O)c3cc2F)cnc1C(F)(F)F. The summed E-state index contributed by atoms with van der Waals surface area (Å²) in [4.78, 5) is 28.0. The van der Waals surface area contributed by atoms with Crippen molar-refractivity contribution in [3.8, 4) is 11.1 Å². The summed E-state index contributed by atoms with van der Waals surface area (Å²) in [7, 11) is 0. The first-order valence-corrected chi connectivity index (χ1v) is 12.5. The van der Waals surface area contributed by atoms with E-state index in [-0.39, 0.29) is 41.3 Å². The Kier molecular flexibility index (Phi) is 9.22. The minimum absolute atomic E-state index is 0.0325. The number of aryl methyl sites for hydroxylation is 1. The zero-order valence-corrected chi connectivity index (χ0v) is 22.1. The van der Waals surface area contributed by atoms with Gasteiger partial charge in [0.25, 0.3) is 11.1 Å². The van der Waals surface area contributed by atoms with Crippen molar-refractivity contribution >= 4 is 22.1 Å². The molecule has 1 atom stereocenters. The lowest BCUT2D eigenvalue weighted by atomic mass is 10.0. The van der Waals surface area contributed by atoms with Crippen molar-refractivity contribution in [2.24, 2.45) is 0 Å². The highest BCUT2D eigenvalue weighted by Gasteiger charge is 2.38. The minimum Gasteiger partial charge on any atom is -0.397 e. The van der Waals surface area contributed by atoms with Gasteiger partial charge in [-0.1, -0.05) is 0 Å². The Labute approximate surface area is 240 Å². The Morgan fingerprint density at radius 1 is 1.05 bits per heavy atom. The second kappa shape index (κ2) is 12.6. The number of H-pyrrole nitrogens is 1. The van der Waals surface area contributed by atoms with Gasteiger partial charge in [-0.3, -0.25) is 9.59 Å². The second-order valence-corrected chi connectivity index (χ2v) is 9.46. The molecular weight excluding hydrogens is 615 g/mol. The van der Waals surface area contributed by atoms with Crippen LogP contribution in [0.15, 0.2) is 52.4 Å². The van der Waals surface area contributed by atoms with Gasteiger partial charge in [-0.15, -0.1) is 0 Å². The van der Waals surface area contributed by atoms with Gasteiger partial charge in [-0.2, -0.15) is 40.2 Å². The Morgan fingerprint density at radius 2 is 1.77 bits per heavy atom. The lowest BCUT2D eigenvalue weighted by Gasteiger charge is -2.22. The molecule has 3 aromatic heterocycles. The zero-order chi connectivity index (χ0) is 32.4. The third-order valence-corrected chi connectivity index (χ3v) is 6.44. The maximum atomic E-state index is 15.0. The summed E-state index contributed by atoms with van der Waals surface area (Å²) < 4.78 is 125. The predicted octanol–water partition coefficient (Wildman–Crippen LogP) is 5.41. The van der Waals surface area contributed by atoms with Crippen LogP contribution in [0.1, 0.15) is 24.1 Å². The number of rotatable bonds is 10. The quantitative estimate of drug-likeness (QED) is 0.199. The molecule has 0 aliphatic rings.